The first-order valence-corrected chi connectivity index (χ1v) is 10.1. The molecule has 1 heterocycles. The van der Waals surface area contributed by atoms with Crippen molar-refractivity contribution < 1.29 is 9.47 Å². The quantitative estimate of drug-likeness (QED) is 0.575. The summed E-state index contributed by atoms with van der Waals surface area (Å²) in [6.07, 6.45) is 0. The van der Waals surface area contributed by atoms with Crippen LogP contribution in [0, 0.1) is 0 Å². The summed E-state index contributed by atoms with van der Waals surface area (Å²) in [4.78, 5) is 4.85. The van der Waals surface area contributed by atoms with Crippen LogP contribution in [0.3, 0.4) is 0 Å². The number of halogens is 1. The van der Waals surface area contributed by atoms with Crippen LogP contribution in [0.15, 0.2) is 81.3 Å². The second-order valence-electron chi connectivity index (χ2n) is 6.38. The second-order valence-corrected chi connectivity index (χ2v) is 7.30. The average molecular weight is 450 g/mol. The predicted octanol–water partition coefficient (Wildman–Crippen LogP) is 5.29. The number of rotatable bonds is 5. The minimum Gasteiger partial charge on any atom is -0.497 e. The van der Waals surface area contributed by atoms with Crippen LogP contribution >= 0.6 is 15.9 Å². The van der Waals surface area contributed by atoms with E-state index < -0.39 is 0 Å². The van der Waals surface area contributed by atoms with Gasteiger partial charge in [0.25, 0.3) is 0 Å². The van der Waals surface area contributed by atoms with Gasteiger partial charge in [-0.3, -0.25) is 5.43 Å². The van der Waals surface area contributed by atoms with Gasteiger partial charge in [-0.2, -0.15) is 5.10 Å². The van der Waals surface area contributed by atoms with Crippen LogP contribution in [0.5, 0.6) is 11.5 Å². The van der Waals surface area contributed by atoms with Crippen LogP contribution < -0.4 is 14.9 Å². The van der Waals surface area contributed by atoms with Crippen molar-refractivity contribution in [2.75, 3.05) is 13.7 Å². The molecule has 1 N–H and O–H groups in total. The van der Waals surface area contributed by atoms with Crippen molar-refractivity contribution in [2.24, 2.45) is 10.1 Å². The zero-order chi connectivity index (χ0) is 20.2. The van der Waals surface area contributed by atoms with E-state index in [-0.39, 0.29) is 0 Å². The maximum atomic E-state index is 5.71. The molecule has 1 aliphatic rings. The molecular weight excluding hydrogens is 430 g/mol. The summed E-state index contributed by atoms with van der Waals surface area (Å²) in [5.74, 6) is 2.27. The van der Waals surface area contributed by atoms with Crippen LogP contribution in [0.4, 0.5) is 5.69 Å². The van der Waals surface area contributed by atoms with E-state index in [9.17, 15) is 0 Å². The van der Waals surface area contributed by atoms with Crippen molar-refractivity contribution in [3.8, 4) is 11.5 Å². The second kappa shape index (κ2) is 8.49. The highest BCUT2D eigenvalue weighted by atomic mass is 79.9. The molecule has 3 aromatic carbocycles. The molecular formula is C23H20BrN3O2. The topological polar surface area (TPSA) is 55.2 Å². The van der Waals surface area contributed by atoms with Gasteiger partial charge >= 0.3 is 0 Å². The van der Waals surface area contributed by atoms with E-state index in [2.05, 4.69) is 21.4 Å². The number of nitrogens with zero attached hydrogens (tertiary/aromatic N) is 2. The third-order valence-electron chi connectivity index (χ3n) is 4.52. The Bertz CT molecular complexity index is 1070. The van der Waals surface area contributed by atoms with Gasteiger partial charge < -0.3 is 9.47 Å². The number of hydrazone groups is 1. The molecule has 0 bridgehead atoms. The van der Waals surface area contributed by atoms with Gasteiger partial charge in [0.05, 0.1) is 19.4 Å². The van der Waals surface area contributed by atoms with E-state index >= 15 is 0 Å². The Hall–Kier alpha value is -3.12. The molecule has 146 valence electrons. The summed E-state index contributed by atoms with van der Waals surface area (Å²) in [5.41, 5.74) is 7.57. The number of methoxy groups -OCH3 is 1. The molecule has 29 heavy (non-hydrogen) atoms. The maximum Gasteiger partial charge on any atom is 0.154 e. The fourth-order valence-electron chi connectivity index (χ4n) is 3.08. The number of hydrogen-bond donors (Lipinski definition) is 1. The standard InChI is InChI=1S/C23H20BrN3O2/c1-3-29-19-12-13-21-20(14-19)22(15-6-10-18(28-2)11-7-15)26-27-23(25-21)16-4-8-17(24)9-5-16/h4-14H,3H2,1-2H3,(H,25,27). The molecule has 0 unspecified atom stereocenters. The number of amidine groups is 1. The Morgan fingerprint density at radius 2 is 1.59 bits per heavy atom. The first kappa shape index (κ1) is 19.2. The molecule has 3 aromatic rings. The van der Waals surface area contributed by atoms with E-state index in [1.54, 1.807) is 7.11 Å². The van der Waals surface area contributed by atoms with Gasteiger partial charge in [0.2, 0.25) is 0 Å². The summed E-state index contributed by atoms with van der Waals surface area (Å²) < 4.78 is 12.0. The highest BCUT2D eigenvalue weighted by Gasteiger charge is 2.18. The van der Waals surface area contributed by atoms with Crippen LogP contribution in [-0.2, 0) is 0 Å². The Kier molecular flexibility index (Phi) is 5.62. The van der Waals surface area contributed by atoms with E-state index in [1.165, 1.54) is 0 Å². The van der Waals surface area contributed by atoms with E-state index in [0.29, 0.717) is 12.4 Å². The highest BCUT2D eigenvalue weighted by molar-refractivity contribution is 9.10. The molecule has 0 fully saturated rings. The molecule has 0 atom stereocenters. The largest absolute Gasteiger partial charge is 0.497 e. The summed E-state index contributed by atoms with van der Waals surface area (Å²) in [7, 11) is 1.65. The van der Waals surface area contributed by atoms with Crippen LogP contribution in [-0.4, -0.2) is 25.3 Å². The van der Waals surface area contributed by atoms with Crippen molar-refractivity contribution in [3.63, 3.8) is 0 Å². The number of ether oxygens (including phenoxy) is 2. The number of fused-ring (bicyclic) bond motifs is 1. The van der Waals surface area contributed by atoms with E-state index in [4.69, 9.17) is 19.6 Å². The lowest BCUT2D eigenvalue weighted by molar-refractivity contribution is 0.340. The Morgan fingerprint density at radius 1 is 0.897 bits per heavy atom. The summed E-state index contributed by atoms with van der Waals surface area (Å²) >= 11 is 3.47. The van der Waals surface area contributed by atoms with Crippen molar-refractivity contribution in [1.82, 2.24) is 5.43 Å². The van der Waals surface area contributed by atoms with Gasteiger partial charge in [-0.25, -0.2) is 4.99 Å². The number of aliphatic imine (C=N–C) groups is 1. The van der Waals surface area contributed by atoms with Crippen molar-refractivity contribution in [1.29, 1.82) is 0 Å². The molecule has 0 aromatic heterocycles. The molecule has 5 nitrogen and oxygen atoms in total. The van der Waals surface area contributed by atoms with Crippen LogP contribution in [0.1, 0.15) is 23.6 Å². The van der Waals surface area contributed by atoms with Crippen molar-refractivity contribution in [3.05, 3.63) is 87.9 Å². The van der Waals surface area contributed by atoms with E-state index in [0.717, 1.165) is 44.1 Å². The molecule has 0 amide bonds. The normalized spacial score (nSPS) is 12.8. The molecule has 6 heteroatoms. The first-order valence-electron chi connectivity index (χ1n) is 9.28. The van der Waals surface area contributed by atoms with Crippen molar-refractivity contribution in [2.45, 2.75) is 6.92 Å². The number of hydrogen-bond acceptors (Lipinski definition) is 5. The molecule has 1 aliphatic heterocycles. The summed E-state index contributed by atoms with van der Waals surface area (Å²) in [5, 5.41) is 4.70. The fourth-order valence-corrected chi connectivity index (χ4v) is 3.34. The van der Waals surface area contributed by atoms with Gasteiger partial charge in [0.1, 0.15) is 17.2 Å². The first-order chi connectivity index (χ1) is 14.2. The SMILES string of the molecule is CCOc1ccc2c(c1)C(c1ccc(OC)cc1)=NNC(c1ccc(Br)cc1)=N2. The van der Waals surface area contributed by atoms with Gasteiger partial charge in [-0.15, -0.1) is 0 Å². The molecule has 0 saturated carbocycles. The Balaban J connectivity index is 1.83. The third kappa shape index (κ3) is 4.17. The number of nitrogens with one attached hydrogen (secondary N) is 1. The minimum absolute atomic E-state index is 0.597. The lowest BCUT2D eigenvalue weighted by Gasteiger charge is -2.11. The Labute approximate surface area is 178 Å². The predicted molar refractivity (Wildman–Crippen MR) is 120 cm³/mol. The summed E-state index contributed by atoms with van der Waals surface area (Å²) in [6, 6.07) is 21.7. The fraction of sp³-hybridized carbons (Fsp3) is 0.130. The monoisotopic (exact) mass is 449 g/mol. The molecule has 0 saturated heterocycles. The smallest absolute Gasteiger partial charge is 0.154 e. The van der Waals surface area contributed by atoms with Gasteiger partial charge in [0.15, 0.2) is 5.84 Å². The van der Waals surface area contributed by atoms with Gasteiger partial charge in [-0.1, -0.05) is 28.1 Å². The van der Waals surface area contributed by atoms with Crippen LogP contribution in [0.2, 0.25) is 0 Å². The lowest BCUT2D eigenvalue weighted by Crippen LogP contribution is -2.19. The van der Waals surface area contributed by atoms with E-state index in [1.807, 2.05) is 73.7 Å². The van der Waals surface area contributed by atoms with Gasteiger partial charge in [0, 0.05) is 21.2 Å². The van der Waals surface area contributed by atoms with Crippen LogP contribution in [0.25, 0.3) is 0 Å². The zero-order valence-electron chi connectivity index (χ0n) is 16.1. The maximum absolute atomic E-state index is 5.71. The highest BCUT2D eigenvalue weighted by Crippen LogP contribution is 2.30. The van der Waals surface area contributed by atoms with Crippen molar-refractivity contribution >= 4 is 33.2 Å². The molecule has 0 aliphatic carbocycles. The Morgan fingerprint density at radius 3 is 2.28 bits per heavy atom. The lowest BCUT2D eigenvalue weighted by atomic mass is 10.0. The molecule has 0 spiro atoms. The van der Waals surface area contributed by atoms with Gasteiger partial charge in [-0.05, 0) is 61.5 Å². The zero-order valence-corrected chi connectivity index (χ0v) is 17.7. The molecule has 0 radical (unpaired) electrons. The third-order valence-corrected chi connectivity index (χ3v) is 5.05. The average Bonchev–Trinajstić information content (AvgIpc) is 2.94. The summed E-state index contributed by atoms with van der Waals surface area (Å²) in [6.45, 7) is 2.56. The number of benzene rings is 3. The molecule has 4 rings (SSSR count). The minimum atomic E-state index is 0.597.